The van der Waals surface area contributed by atoms with E-state index in [9.17, 15) is 19.5 Å². The molecule has 35 heavy (non-hydrogen) atoms. The molecule has 0 aromatic heterocycles. The second-order valence-electron chi connectivity index (χ2n) is 9.89. The van der Waals surface area contributed by atoms with Crippen LogP contribution in [0, 0.1) is 5.92 Å². The highest BCUT2D eigenvalue weighted by Gasteiger charge is 2.44. The molecule has 0 bridgehead atoms. The lowest BCUT2D eigenvalue weighted by Crippen LogP contribution is -2.62. The highest BCUT2D eigenvalue weighted by atomic mass is 16.5. The number of fused-ring (bicyclic) bond motifs is 3. The second kappa shape index (κ2) is 10.5. The Bertz CT molecular complexity index is 1050. The van der Waals surface area contributed by atoms with Crippen LogP contribution in [0.2, 0.25) is 0 Å². The number of rotatable bonds is 8. The van der Waals surface area contributed by atoms with Gasteiger partial charge in [0, 0.05) is 5.92 Å². The number of amides is 2. The van der Waals surface area contributed by atoms with E-state index in [4.69, 9.17) is 4.74 Å². The van der Waals surface area contributed by atoms with Crippen molar-refractivity contribution in [2.45, 2.75) is 69.9 Å². The number of aliphatic carboxylic acids is 1. The molecule has 0 heterocycles. The van der Waals surface area contributed by atoms with E-state index in [1.807, 2.05) is 38.1 Å². The van der Waals surface area contributed by atoms with Crippen molar-refractivity contribution in [2.24, 2.45) is 5.92 Å². The van der Waals surface area contributed by atoms with Crippen LogP contribution in [0.25, 0.3) is 11.1 Å². The number of alkyl carbamates (subject to hydrolysis) is 1. The normalized spacial score (nSPS) is 21.9. The van der Waals surface area contributed by atoms with Gasteiger partial charge < -0.3 is 20.5 Å². The van der Waals surface area contributed by atoms with Gasteiger partial charge in [0.25, 0.3) is 0 Å². The summed E-state index contributed by atoms with van der Waals surface area (Å²) in [6.45, 7) is 4.07. The Morgan fingerprint density at radius 3 is 2.29 bits per heavy atom. The average Bonchev–Trinajstić information content (AvgIpc) is 3.16. The third-order valence-electron chi connectivity index (χ3n) is 7.30. The molecule has 0 saturated heterocycles. The Hall–Kier alpha value is -3.35. The van der Waals surface area contributed by atoms with Crippen molar-refractivity contribution in [3.05, 3.63) is 59.7 Å². The Labute approximate surface area is 206 Å². The molecule has 3 N–H and O–H groups in total. The average molecular weight is 479 g/mol. The molecule has 1 saturated carbocycles. The molecule has 7 nitrogen and oxygen atoms in total. The van der Waals surface area contributed by atoms with Gasteiger partial charge in [-0.25, -0.2) is 9.59 Å². The highest BCUT2D eigenvalue weighted by Crippen LogP contribution is 2.44. The molecule has 0 aliphatic heterocycles. The van der Waals surface area contributed by atoms with Gasteiger partial charge in [0.15, 0.2) is 0 Å². The van der Waals surface area contributed by atoms with Gasteiger partial charge in [0.05, 0.1) is 0 Å². The van der Waals surface area contributed by atoms with Crippen molar-refractivity contribution in [2.75, 3.05) is 6.61 Å². The maximum atomic E-state index is 13.3. The molecule has 2 aliphatic carbocycles. The Morgan fingerprint density at radius 1 is 1.09 bits per heavy atom. The monoisotopic (exact) mass is 478 g/mol. The molecule has 2 aliphatic rings. The summed E-state index contributed by atoms with van der Waals surface area (Å²) in [5.41, 5.74) is 3.34. The van der Waals surface area contributed by atoms with Crippen LogP contribution in [0.3, 0.4) is 0 Å². The van der Waals surface area contributed by atoms with Crippen molar-refractivity contribution < 1.29 is 24.2 Å². The van der Waals surface area contributed by atoms with Crippen LogP contribution < -0.4 is 10.6 Å². The standard InChI is InChI=1S/C28H34N2O5/c1-3-9-24(25(31)32)29-26(33)28(15-8-10-18(2)16-28)30-27(34)35-17-23-21-13-6-4-11-19(21)20-12-5-7-14-22(20)23/h4-7,11-14,18,23-24H,3,8-10,15-17H2,1-2H3,(H,29,33)(H,30,34)(H,31,32). The third-order valence-corrected chi connectivity index (χ3v) is 7.30. The second-order valence-corrected chi connectivity index (χ2v) is 9.89. The third kappa shape index (κ3) is 5.19. The van der Waals surface area contributed by atoms with Gasteiger partial charge in [-0.2, -0.15) is 0 Å². The summed E-state index contributed by atoms with van der Waals surface area (Å²) in [5.74, 6) is -1.37. The Morgan fingerprint density at radius 2 is 1.71 bits per heavy atom. The van der Waals surface area contributed by atoms with Gasteiger partial charge in [0.1, 0.15) is 18.2 Å². The molecule has 3 unspecified atom stereocenters. The number of nitrogens with one attached hydrogen (secondary N) is 2. The number of ether oxygens (including phenoxy) is 1. The minimum Gasteiger partial charge on any atom is -0.480 e. The molecular formula is C28H34N2O5. The van der Waals surface area contributed by atoms with Crippen molar-refractivity contribution in [1.82, 2.24) is 10.6 Å². The maximum Gasteiger partial charge on any atom is 0.408 e. The van der Waals surface area contributed by atoms with Gasteiger partial charge in [-0.3, -0.25) is 4.79 Å². The number of hydrogen-bond donors (Lipinski definition) is 3. The summed E-state index contributed by atoms with van der Waals surface area (Å²) in [6, 6.07) is 15.2. The van der Waals surface area contributed by atoms with Crippen LogP contribution in [0.1, 0.15) is 69.4 Å². The molecule has 0 radical (unpaired) electrons. The van der Waals surface area contributed by atoms with E-state index in [-0.39, 0.29) is 18.4 Å². The van der Waals surface area contributed by atoms with Gasteiger partial charge in [-0.15, -0.1) is 0 Å². The number of hydrogen-bond acceptors (Lipinski definition) is 4. The van der Waals surface area contributed by atoms with E-state index in [1.54, 1.807) is 0 Å². The molecular weight excluding hydrogens is 444 g/mol. The number of carboxylic acids is 1. The fourth-order valence-electron chi connectivity index (χ4n) is 5.60. The number of carbonyl (C=O) groups excluding carboxylic acids is 2. The molecule has 0 spiro atoms. The summed E-state index contributed by atoms with van der Waals surface area (Å²) in [7, 11) is 0. The molecule has 186 valence electrons. The van der Waals surface area contributed by atoms with Crippen molar-refractivity contribution >= 4 is 18.0 Å². The van der Waals surface area contributed by atoms with E-state index in [2.05, 4.69) is 34.9 Å². The topological polar surface area (TPSA) is 105 Å². The van der Waals surface area contributed by atoms with E-state index in [0.717, 1.165) is 35.1 Å². The van der Waals surface area contributed by atoms with E-state index < -0.39 is 29.6 Å². The maximum absolute atomic E-state index is 13.3. The number of carbonyl (C=O) groups is 3. The van der Waals surface area contributed by atoms with Crippen LogP contribution in [-0.4, -0.2) is 41.3 Å². The molecule has 2 aromatic rings. The zero-order valence-electron chi connectivity index (χ0n) is 20.4. The quantitative estimate of drug-likeness (QED) is 0.503. The Kier molecular flexibility index (Phi) is 7.43. The summed E-state index contributed by atoms with van der Waals surface area (Å²) >= 11 is 0. The first kappa shape index (κ1) is 24.8. The summed E-state index contributed by atoms with van der Waals surface area (Å²) in [4.78, 5) is 38.0. The molecule has 1 fully saturated rings. The molecule has 2 aromatic carbocycles. The highest BCUT2D eigenvalue weighted by molar-refractivity contribution is 5.93. The SMILES string of the molecule is CCCC(NC(=O)C1(NC(=O)OCC2c3ccccc3-c3ccccc32)CCCC(C)C1)C(=O)O. The first-order valence-electron chi connectivity index (χ1n) is 12.5. The van der Waals surface area contributed by atoms with Crippen LogP contribution in [-0.2, 0) is 14.3 Å². The van der Waals surface area contributed by atoms with Gasteiger partial charge in [-0.05, 0) is 47.4 Å². The number of benzene rings is 2. The lowest BCUT2D eigenvalue weighted by Gasteiger charge is -2.39. The predicted octanol–water partition coefficient (Wildman–Crippen LogP) is 4.84. The lowest BCUT2D eigenvalue weighted by molar-refractivity contribution is -0.143. The summed E-state index contributed by atoms with van der Waals surface area (Å²) in [5, 5.41) is 15.0. The molecule has 4 rings (SSSR count). The fraction of sp³-hybridized carbons (Fsp3) is 0.464. The van der Waals surface area contributed by atoms with E-state index in [1.165, 1.54) is 0 Å². The lowest BCUT2D eigenvalue weighted by atomic mass is 9.75. The van der Waals surface area contributed by atoms with Crippen molar-refractivity contribution in [1.29, 1.82) is 0 Å². The first-order chi connectivity index (χ1) is 16.8. The van der Waals surface area contributed by atoms with Crippen LogP contribution in [0.15, 0.2) is 48.5 Å². The molecule has 2 amide bonds. The van der Waals surface area contributed by atoms with Gasteiger partial charge in [-0.1, -0.05) is 81.6 Å². The van der Waals surface area contributed by atoms with Gasteiger partial charge in [0.2, 0.25) is 5.91 Å². The predicted molar refractivity (Wildman–Crippen MR) is 133 cm³/mol. The van der Waals surface area contributed by atoms with Crippen molar-refractivity contribution in [3.63, 3.8) is 0 Å². The van der Waals surface area contributed by atoms with Gasteiger partial charge >= 0.3 is 12.1 Å². The zero-order valence-corrected chi connectivity index (χ0v) is 20.4. The van der Waals surface area contributed by atoms with Crippen LogP contribution >= 0.6 is 0 Å². The summed E-state index contributed by atoms with van der Waals surface area (Å²) < 4.78 is 5.71. The van der Waals surface area contributed by atoms with Crippen LogP contribution in [0.5, 0.6) is 0 Å². The molecule has 7 heteroatoms. The Balaban J connectivity index is 1.48. The minimum absolute atomic E-state index is 0.0795. The van der Waals surface area contributed by atoms with E-state index >= 15 is 0 Å². The van der Waals surface area contributed by atoms with Crippen molar-refractivity contribution in [3.8, 4) is 11.1 Å². The summed E-state index contributed by atoms with van der Waals surface area (Å²) in [6.07, 6.45) is 2.92. The largest absolute Gasteiger partial charge is 0.480 e. The first-order valence-corrected chi connectivity index (χ1v) is 12.5. The minimum atomic E-state index is -1.18. The van der Waals surface area contributed by atoms with Crippen LogP contribution in [0.4, 0.5) is 4.79 Å². The smallest absolute Gasteiger partial charge is 0.408 e. The number of carboxylic acid groups (broad SMARTS) is 1. The zero-order chi connectivity index (χ0) is 25.0. The molecule has 3 atom stereocenters. The fourth-order valence-corrected chi connectivity index (χ4v) is 5.60. The van der Waals surface area contributed by atoms with E-state index in [0.29, 0.717) is 25.7 Å².